The number of rotatable bonds is 1. The number of amidine groups is 1. The largest absolute Gasteiger partial charge is 0.454 e. The Labute approximate surface area is 104 Å². The van der Waals surface area contributed by atoms with E-state index in [4.69, 9.17) is 20.3 Å². The molecule has 17 heavy (non-hydrogen) atoms. The first-order chi connectivity index (χ1) is 7.70. The SMILES string of the molecule is Cl.NC1C=CN2C(=N1)O[C@H]1[C@H](O)[C@@H](CO)O[C@H]12. The summed E-state index contributed by atoms with van der Waals surface area (Å²) in [5, 5.41) is 18.8. The van der Waals surface area contributed by atoms with Crippen LogP contribution in [0.5, 0.6) is 0 Å². The molecule has 0 amide bonds. The van der Waals surface area contributed by atoms with Crippen molar-refractivity contribution in [2.24, 2.45) is 10.7 Å². The Bertz CT molecular complexity index is 364. The molecular formula is C9H14ClN3O4. The van der Waals surface area contributed by atoms with E-state index in [1.165, 1.54) is 0 Å². The fourth-order valence-electron chi connectivity index (χ4n) is 2.11. The van der Waals surface area contributed by atoms with E-state index in [1.54, 1.807) is 17.2 Å². The lowest BCUT2D eigenvalue weighted by atomic mass is 10.1. The monoisotopic (exact) mass is 263 g/mol. The second-order valence-corrected chi connectivity index (χ2v) is 3.97. The van der Waals surface area contributed by atoms with Crippen molar-refractivity contribution in [1.82, 2.24) is 4.90 Å². The predicted molar refractivity (Wildman–Crippen MR) is 60.3 cm³/mol. The molecule has 2 fully saturated rings. The molecule has 3 rings (SSSR count). The topological polar surface area (TPSA) is 101 Å². The van der Waals surface area contributed by atoms with Gasteiger partial charge < -0.3 is 25.4 Å². The molecule has 0 spiro atoms. The zero-order chi connectivity index (χ0) is 11.3. The predicted octanol–water partition coefficient (Wildman–Crippen LogP) is -1.64. The minimum absolute atomic E-state index is 0. The molecule has 5 atom stereocenters. The molecule has 96 valence electrons. The molecule has 7 nitrogen and oxygen atoms in total. The van der Waals surface area contributed by atoms with Gasteiger partial charge in [0.1, 0.15) is 18.4 Å². The maximum atomic E-state index is 9.83. The smallest absolute Gasteiger partial charge is 0.296 e. The summed E-state index contributed by atoms with van der Waals surface area (Å²) in [7, 11) is 0. The van der Waals surface area contributed by atoms with Crippen LogP contribution < -0.4 is 5.73 Å². The third-order valence-corrected chi connectivity index (χ3v) is 2.93. The van der Waals surface area contributed by atoms with Crippen LogP contribution in [0.3, 0.4) is 0 Å². The van der Waals surface area contributed by atoms with Crippen LogP contribution >= 0.6 is 12.4 Å². The van der Waals surface area contributed by atoms with Crippen molar-refractivity contribution in [2.75, 3.05) is 6.61 Å². The van der Waals surface area contributed by atoms with E-state index in [-0.39, 0.29) is 19.0 Å². The van der Waals surface area contributed by atoms with Gasteiger partial charge in [0.25, 0.3) is 6.02 Å². The highest BCUT2D eigenvalue weighted by Gasteiger charge is 2.54. The van der Waals surface area contributed by atoms with E-state index in [9.17, 15) is 5.11 Å². The second kappa shape index (κ2) is 4.43. The number of hydrogen-bond acceptors (Lipinski definition) is 7. The third-order valence-electron chi connectivity index (χ3n) is 2.93. The maximum absolute atomic E-state index is 9.83. The van der Waals surface area contributed by atoms with Gasteiger partial charge in [-0.15, -0.1) is 12.4 Å². The normalized spacial score (nSPS) is 42.4. The van der Waals surface area contributed by atoms with Gasteiger partial charge in [0.15, 0.2) is 12.3 Å². The number of fused-ring (bicyclic) bond motifs is 3. The Morgan fingerprint density at radius 3 is 3.00 bits per heavy atom. The Kier molecular flexibility index (Phi) is 3.28. The van der Waals surface area contributed by atoms with Gasteiger partial charge in [-0.2, -0.15) is 0 Å². The Balaban J connectivity index is 0.00000108. The van der Waals surface area contributed by atoms with E-state index in [1.807, 2.05) is 0 Å². The first-order valence-electron chi connectivity index (χ1n) is 5.12. The molecule has 3 aliphatic heterocycles. The van der Waals surface area contributed by atoms with Gasteiger partial charge in [0.2, 0.25) is 0 Å². The van der Waals surface area contributed by atoms with Crippen molar-refractivity contribution in [2.45, 2.75) is 30.7 Å². The van der Waals surface area contributed by atoms with Crippen molar-refractivity contribution < 1.29 is 19.7 Å². The molecule has 0 aromatic heterocycles. The van der Waals surface area contributed by atoms with E-state index in [2.05, 4.69) is 4.99 Å². The molecule has 0 saturated carbocycles. The van der Waals surface area contributed by atoms with Crippen LogP contribution in [0, 0.1) is 0 Å². The standard InChI is InChI=1S/C9H13N3O4.ClH/c10-5-1-2-12-8-7(16-9(12)11-5)6(14)4(3-13)15-8;/h1-2,4-8,13-14H,3,10H2;1H/t4-,5?,6-,7+,8-;/m1./s1. The molecule has 0 radical (unpaired) electrons. The number of aliphatic imine (C=N–C) groups is 1. The van der Waals surface area contributed by atoms with E-state index in [0.717, 1.165) is 0 Å². The summed E-state index contributed by atoms with van der Waals surface area (Å²) in [4.78, 5) is 5.74. The highest BCUT2D eigenvalue weighted by molar-refractivity contribution is 5.85. The highest BCUT2D eigenvalue weighted by Crippen LogP contribution is 2.33. The summed E-state index contributed by atoms with van der Waals surface area (Å²) < 4.78 is 10.9. The number of hydrogen-bond donors (Lipinski definition) is 3. The van der Waals surface area contributed by atoms with Crippen LogP contribution in [0.1, 0.15) is 0 Å². The van der Waals surface area contributed by atoms with Gasteiger partial charge in [-0.25, -0.2) is 4.99 Å². The molecule has 0 aromatic rings. The van der Waals surface area contributed by atoms with Crippen LogP contribution in [-0.2, 0) is 9.47 Å². The maximum Gasteiger partial charge on any atom is 0.296 e. The van der Waals surface area contributed by atoms with Crippen molar-refractivity contribution in [3.63, 3.8) is 0 Å². The molecule has 3 aliphatic rings. The zero-order valence-electron chi connectivity index (χ0n) is 8.84. The van der Waals surface area contributed by atoms with E-state index >= 15 is 0 Å². The Morgan fingerprint density at radius 2 is 2.29 bits per heavy atom. The average molecular weight is 264 g/mol. The number of nitrogens with zero attached hydrogens (tertiary/aromatic N) is 2. The molecule has 0 bridgehead atoms. The van der Waals surface area contributed by atoms with Gasteiger partial charge in [-0.3, -0.25) is 4.90 Å². The van der Waals surface area contributed by atoms with Crippen LogP contribution in [0.25, 0.3) is 0 Å². The average Bonchev–Trinajstić information content (AvgIpc) is 2.75. The first kappa shape index (κ1) is 12.6. The fourth-order valence-corrected chi connectivity index (χ4v) is 2.11. The van der Waals surface area contributed by atoms with Gasteiger partial charge in [0, 0.05) is 6.20 Å². The number of halogens is 1. The van der Waals surface area contributed by atoms with Crippen LogP contribution in [0.2, 0.25) is 0 Å². The number of nitrogens with two attached hydrogens (primary N) is 1. The van der Waals surface area contributed by atoms with Crippen molar-refractivity contribution >= 4 is 18.4 Å². The molecule has 3 heterocycles. The number of aliphatic hydroxyl groups is 2. The fraction of sp³-hybridized carbons (Fsp3) is 0.667. The zero-order valence-corrected chi connectivity index (χ0v) is 9.66. The van der Waals surface area contributed by atoms with Gasteiger partial charge in [0.05, 0.1) is 6.61 Å². The second-order valence-electron chi connectivity index (χ2n) is 3.97. The lowest BCUT2D eigenvalue weighted by molar-refractivity contribution is -0.0476. The molecule has 4 N–H and O–H groups in total. The van der Waals surface area contributed by atoms with Crippen molar-refractivity contribution in [3.8, 4) is 0 Å². The highest BCUT2D eigenvalue weighted by atomic mass is 35.5. The summed E-state index contributed by atoms with van der Waals surface area (Å²) in [5.41, 5.74) is 5.60. The molecule has 2 saturated heterocycles. The summed E-state index contributed by atoms with van der Waals surface area (Å²) in [6.45, 7) is -0.235. The number of ether oxygens (including phenoxy) is 2. The molecular weight excluding hydrogens is 250 g/mol. The first-order valence-corrected chi connectivity index (χ1v) is 5.12. The van der Waals surface area contributed by atoms with Gasteiger partial charge in [-0.1, -0.05) is 0 Å². The molecule has 0 aromatic carbocycles. The summed E-state index contributed by atoms with van der Waals surface area (Å²) >= 11 is 0. The summed E-state index contributed by atoms with van der Waals surface area (Å²) in [6, 6.07) is 0.362. The third kappa shape index (κ3) is 1.80. The molecule has 8 heteroatoms. The molecule has 1 unspecified atom stereocenters. The minimum atomic E-state index is -0.854. The quantitative estimate of drug-likeness (QED) is 0.524. The summed E-state index contributed by atoms with van der Waals surface area (Å²) in [6.07, 6.45) is 0.589. The van der Waals surface area contributed by atoms with Crippen molar-refractivity contribution in [1.29, 1.82) is 0 Å². The minimum Gasteiger partial charge on any atom is -0.454 e. The van der Waals surface area contributed by atoms with Gasteiger partial charge in [-0.05, 0) is 6.08 Å². The lowest BCUT2D eigenvalue weighted by Gasteiger charge is -2.22. The van der Waals surface area contributed by atoms with Crippen LogP contribution in [0.4, 0.5) is 0 Å². The van der Waals surface area contributed by atoms with Crippen LogP contribution in [0.15, 0.2) is 17.3 Å². The van der Waals surface area contributed by atoms with E-state index < -0.39 is 30.7 Å². The van der Waals surface area contributed by atoms with E-state index in [0.29, 0.717) is 6.02 Å². The van der Waals surface area contributed by atoms with Gasteiger partial charge >= 0.3 is 0 Å². The molecule has 0 aliphatic carbocycles. The lowest BCUT2D eigenvalue weighted by Crippen LogP contribution is -2.36. The van der Waals surface area contributed by atoms with Crippen molar-refractivity contribution in [3.05, 3.63) is 12.3 Å². The Hall–Kier alpha value is -0.860. The van der Waals surface area contributed by atoms with Crippen LogP contribution in [-0.4, -0.2) is 58.4 Å². The Morgan fingerprint density at radius 1 is 1.53 bits per heavy atom. The summed E-state index contributed by atoms with van der Waals surface area (Å²) in [5.74, 6) is 0. The number of aliphatic hydroxyl groups excluding tert-OH is 2.